The van der Waals surface area contributed by atoms with Crippen molar-refractivity contribution in [3.05, 3.63) is 48.3 Å². The van der Waals surface area contributed by atoms with Gasteiger partial charge in [0.2, 0.25) is 17.7 Å². The first-order valence-corrected chi connectivity index (χ1v) is 17.0. The summed E-state index contributed by atoms with van der Waals surface area (Å²) in [6.07, 6.45) is 6.52. The average molecular weight is 695 g/mol. The fourth-order valence-electron chi connectivity index (χ4n) is 6.39. The molecule has 3 atom stereocenters. The Kier molecular flexibility index (Phi) is 12.8. The number of likely N-dealkylation sites (N-methyl/N-ethyl adjacent to an activating group) is 1. The van der Waals surface area contributed by atoms with E-state index in [-0.39, 0.29) is 30.1 Å². The lowest BCUT2D eigenvalue weighted by molar-refractivity contribution is -0.143. The molecule has 0 radical (unpaired) electrons. The number of aromatic nitrogens is 2. The SMILES string of the molecule is CN[C@@H](C)C(=O)N[C@H](C(=O)N1CCC[C@H]1C(=O)Nc1cc2c(Nc3ccc(CN4CCCCC4)cc3)ncnc2cc1OC)C(C)(C)C.Cl. The summed E-state index contributed by atoms with van der Waals surface area (Å²) in [4.78, 5) is 53.5. The number of likely N-dealkylation sites (tertiary alicyclic amines) is 2. The van der Waals surface area contributed by atoms with Gasteiger partial charge in [-0.1, -0.05) is 39.3 Å². The fourth-order valence-corrected chi connectivity index (χ4v) is 6.39. The van der Waals surface area contributed by atoms with Crippen molar-refractivity contribution in [3.63, 3.8) is 0 Å². The number of piperidine rings is 1. The van der Waals surface area contributed by atoms with E-state index in [2.05, 4.69) is 60.4 Å². The van der Waals surface area contributed by atoms with E-state index in [1.54, 1.807) is 31.0 Å². The number of anilines is 3. The van der Waals surface area contributed by atoms with Crippen LogP contribution in [0.15, 0.2) is 42.7 Å². The van der Waals surface area contributed by atoms with Crippen LogP contribution in [-0.2, 0) is 20.9 Å². The predicted molar refractivity (Wildman–Crippen MR) is 195 cm³/mol. The van der Waals surface area contributed by atoms with Crippen molar-refractivity contribution in [2.24, 2.45) is 5.41 Å². The molecule has 4 N–H and O–H groups in total. The Bertz CT molecular complexity index is 1610. The third-order valence-electron chi connectivity index (χ3n) is 9.35. The van der Waals surface area contributed by atoms with Crippen molar-refractivity contribution in [1.82, 2.24) is 30.4 Å². The minimum atomic E-state index is -0.797. The Hall–Kier alpha value is -4.00. The molecule has 3 aromatic rings. The average Bonchev–Trinajstić information content (AvgIpc) is 3.58. The van der Waals surface area contributed by atoms with Crippen LogP contribution in [0.1, 0.15) is 65.4 Å². The molecule has 2 fully saturated rings. The summed E-state index contributed by atoms with van der Waals surface area (Å²) in [5.41, 5.74) is 2.70. The number of nitrogens with zero attached hydrogens (tertiary/aromatic N) is 4. The summed E-state index contributed by atoms with van der Waals surface area (Å²) >= 11 is 0. The highest BCUT2D eigenvalue weighted by Gasteiger charge is 2.42. The third kappa shape index (κ3) is 9.17. The Morgan fingerprint density at radius 2 is 1.71 bits per heavy atom. The quantitative estimate of drug-likeness (QED) is 0.222. The van der Waals surface area contributed by atoms with Crippen molar-refractivity contribution < 1.29 is 19.1 Å². The van der Waals surface area contributed by atoms with Crippen LogP contribution in [0.2, 0.25) is 0 Å². The molecule has 0 aliphatic carbocycles. The monoisotopic (exact) mass is 694 g/mol. The maximum atomic E-state index is 13.9. The summed E-state index contributed by atoms with van der Waals surface area (Å²) in [6, 6.07) is 10.00. The van der Waals surface area contributed by atoms with Gasteiger partial charge in [0.1, 0.15) is 30.0 Å². The highest BCUT2D eigenvalue weighted by molar-refractivity contribution is 6.03. The van der Waals surface area contributed by atoms with Gasteiger partial charge in [-0.05, 0) is 81.9 Å². The number of ether oxygens (including phenoxy) is 1. The number of benzene rings is 2. The minimum Gasteiger partial charge on any atom is -0.494 e. The summed E-state index contributed by atoms with van der Waals surface area (Å²) in [7, 11) is 3.23. The smallest absolute Gasteiger partial charge is 0.247 e. The zero-order valence-corrected chi connectivity index (χ0v) is 30.3. The topological polar surface area (TPSA) is 141 Å². The number of hydrogen-bond donors (Lipinski definition) is 4. The van der Waals surface area contributed by atoms with E-state index >= 15 is 0 Å². The molecule has 3 heterocycles. The molecule has 2 aliphatic heterocycles. The van der Waals surface area contributed by atoms with Gasteiger partial charge < -0.3 is 30.9 Å². The summed E-state index contributed by atoms with van der Waals surface area (Å²) in [5, 5.41) is 13.0. The molecule has 266 valence electrons. The number of carbonyl (C=O) groups is 3. The number of halogens is 1. The van der Waals surface area contributed by atoms with E-state index in [1.165, 1.54) is 38.3 Å². The summed E-state index contributed by atoms with van der Waals surface area (Å²) in [5.74, 6) is 0.172. The lowest BCUT2D eigenvalue weighted by atomic mass is 9.85. The molecule has 13 heteroatoms. The van der Waals surface area contributed by atoms with E-state index in [4.69, 9.17) is 4.74 Å². The molecule has 0 spiro atoms. The van der Waals surface area contributed by atoms with Crippen molar-refractivity contribution in [1.29, 1.82) is 0 Å². The van der Waals surface area contributed by atoms with Gasteiger partial charge in [-0.25, -0.2) is 9.97 Å². The molecule has 1 aromatic heterocycles. The Labute approximate surface area is 295 Å². The number of nitrogens with one attached hydrogen (secondary N) is 4. The molecule has 0 saturated carbocycles. The van der Waals surface area contributed by atoms with Crippen LogP contribution in [0, 0.1) is 5.41 Å². The van der Waals surface area contributed by atoms with Gasteiger partial charge in [0, 0.05) is 30.2 Å². The van der Waals surface area contributed by atoms with E-state index in [1.807, 2.05) is 20.8 Å². The number of carbonyl (C=O) groups excluding carboxylic acids is 3. The molecule has 2 aromatic carbocycles. The molecule has 0 bridgehead atoms. The van der Waals surface area contributed by atoms with Gasteiger partial charge in [-0.2, -0.15) is 0 Å². The third-order valence-corrected chi connectivity index (χ3v) is 9.35. The van der Waals surface area contributed by atoms with Crippen LogP contribution < -0.4 is 26.0 Å². The highest BCUT2D eigenvalue weighted by Crippen LogP contribution is 2.34. The van der Waals surface area contributed by atoms with E-state index in [9.17, 15) is 14.4 Å². The normalized spacial score (nSPS) is 17.9. The minimum absolute atomic E-state index is 0. The predicted octanol–water partition coefficient (Wildman–Crippen LogP) is 4.86. The maximum absolute atomic E-state index is 13.9. The molecule has 12 nitrogen and oxygen atoms in total. The number of fused-ring (bicyclic) bond motifs is 1. The summed E-state index contributed by atoms with van der Waals surface area (Å²) < 4.78 is 5.65. The first kappa shape index (κ1) is 37.8. The Morgan fingerprint density at radius 3 is 2.37 bits per heavy atom. The second-order valence-corrected chi connectivity index (χ2v) is 13.9. The van der Waals surface area contributed by atoms with Crippen LogP contribution in [0.3, 0.4) is 0 Å². The van der Waals surface area contributed by atoms with Crippen LogP contribution in [0.25, 0.3) is 10.9 Å². The lowest BCUT2D eigenvalue weighted by Crippen LogP contribution is -2.59. The van der Waals surface area contributed by atoms with Crippen LogP contribution in [0.5, 0.6) is 5.75 Å². The van der Waals surface area contributed by atoms with Gasteiger partial charge in [-0.3, -0.25) is 19.3 Å². The molecular formula is C36H51ClN8O4. The first-order valence-electron chi connectivity index (χ1n) is 17.0. The van der Waals surface area contributed by atoms with Gasteiger partial charge in [-0.15, -0.1) is 12.4 Å². The second-order valence-electron chi connectivity index (χ2n) is 13.9. The van der Waals surface area contributed by atoms with Gasteiger partial charge >= 0.3 is 0 Å². The van der Waals surface area contributed by atoms with E-state index in [0.717, 1.165) is 25.3 Å². The van der Waals surface area contributed by atoms with Crippen LogP contribution >= 0.6 is 12.4 Å². The number of methoxy groups -OCH3 is 1. The zero-order chi connectivity index (χ0) is 34.4. The molecular weight excluding hydrogens is 644 g/mol. The molecule has 5 rings (SSSR count). The largest absolute Gasteiger partial charge is 0.494 e. The standard InChI is InChI=1S/C36H50N8O4.ClH/c1-23(37-5)33(45)42-31(36(2,3)4)35(47)44-18-10-11-29(44)34(46)41-28-19-26-27(20-30(28)48-6)38-22-39-32(26)40-25-14-12-24(13-15-25)21-43-16-8-7-9-17-43;/h12-15,19-20,22-23,29,31,37H,7-11,16-18,21H2,1-6H3,(H,41,46)(H,42,45)(H,38,39,40);1H/t23-,29-,31+;/m0./s1. The molecule has 49 heavy (non-hydrogen) atoms. The molecule has 2 aliphatic rings. The fraction of sp³-hybridized carbons (Fsp3) is 0.528. The van der Waals surface area contributed by atoms with Crippen molar-refractivity contribution in [2.75, 3.05) is 44.4 Å². The Balaban J connectivity index is 0.00000541. The van der Waals surface area contributed by atoms with E-state index < -0.39 is 23.5 Å². The first-order chi connectivity index (χ1) is 23.0. The number of amides is 3. The van der Waals surface area contributed by atoms with Crippen molar-refractivity contribution in [3.8, 4) is 5.75 Å². The zero-order valence-electron chi connectivity index (χ0n) is 29.5. The van der Waals surface area contributed by atoms with E-state index in [0.29, 0.717) is 47.5 Å². The highest BCUT2D eigenvalue weighted by atomic mass is 35.5. The van der Waals surface area contributed by atoms with Gasteiger partial charge in [0.05, 0.1) is 24.4 Å². The second kappa shape index (κ2) is 16.6. The molecule has 2 saturated heterocycles. The maximum Gasteiger partial charge on any atom is 0.247 e. The number of rotatable bonds is 11. The summed E-state index contributed by atoms with van der Waals surface area (Å²) in [6.45, 7) is 11.1. The van der Waals surface area contributed by atoms with Gasteiger partial charge in [0.25, 0.3) is 0 Å². The van der Waals surface area contributed by atoms with Gasteiger partial charge in [0.15, 0.2) is 0 Å². The lowest BCUT2D eigenvalue weighted by Gasteiger charge is -2.36. The van der Waals surface area contributed by atoms with Crippen LogP contribution in [0.4, 0.5) is 17.2 Å². The number of hydrogen-bond acceptors (Lipinski definition) is 9. The molecule has 3 amide bonds. The Morgan fingerprint density at radius 1 is 1.00 bits per heavy atom. The molecule has 0 unspecified atom stereocenters. The van der Waals surface area contributed by atoms with Crippen molar-refractivity contribution in [2.45, 2.75) is 84.5 Å². The van der Waals surface area contributed by atoms with Crippen LogP contribution in [-0.4, -0.2) is 89.4 Å². The van der Waals surface area contributed by atoms with Crippen molar-refractivity contribution >= 4 is 58.2 Å².